The van der Waals surface area contributed by atoms with Crippen LogP contribution in [-0.4, -0.2) is 14.8 Å². The number of aromatic nitrogens is 1. The summed E-state index contributed by atoms with van der Waals surface area (Å²) >= 11 is 0. The SMILES string of the molecule is Cn1c2ccc(CC3(O)c4ccccc4-c4ccccc43)cc2c2c(CC3(O)c4ccccc4-c4ccccc43)cccc21. The Hall–Kier alpha value is -4.96. The third-order valence-corrected chi connectivity index (χ3v) is 10.2. The number of aryl methyl sites for hydroxylation is 1. The second kappa shape index (κ2) is 9.03. The van der Waals surface area contributed by atoms with Crippen LogP contribution >= 0.6 is 0 Å². The number of rotatable bonds is 4. The highest BCUT2D eigenvalue weighted by Crippen LogP contribution is 2.51. The molecule has 3 nitrogen and oxygen atoms in total. The van der Waals surface area contributed by atoms with Gasteiger partial charge in [-0.3, -0.25) is 0 Å². The Bertz CT molecular complexity index is 2200. The second-order valence-corrected chi connectivity index (χ2v) is 12.5. The molecule has 9 rings (SSSR count). The molecule has 0 unspecified atom stereocenters. The third-order valence-electron chi connectivity index (χ3n) is 10.2. The molecule has 1 aromatic heterocycles. The molecule has 0 aliphatic heterocycles. The van der Waals surface area contributed by atoms with Crippen molar-refractivity contribution in [3.8, 4) is 22.3 Å². The van der Waals surface area contributed by atoms with Crippen LogP contribution in [0, 0.1) is 0 Å². The van der Waals surface area contributed by atoms with E-state index < -0.39 is 11.2 Å². The first-order valence-electron chi connectivity index (χ1n) is 15.3. The molecule has 0 spiro atoms. The lowest BCUT2D eigenvalue weighted by molar-refractivity contribution is 0.0859. The highest BCUT2D eigenvalue weighted by atomic mass is 16.3. The van der Waals surface area contributed by atoms with Crippen LogP contribution in [0.1, 0.15) is 33.4 Å². The van der Waals surface area contributed by atoms with Crippen LogP contribution in [0.2, 0.25) is 0 Å². The van der Waals surface area contributed by atoms with Crippen molar-refractivity contribution in [2.24, 2.45) is 7.05 Å². The Morgan fingerprint density at radius 3 is 1.50 bits per heavy atom. The van der Waals surface area contributed by atoms with Crippen LogP contribution < -0.4 is 0 Å². The highest BCUT2D eigenvalue weighted by molar-refractivity contribution is 6.10. The van der Waals surface area contributed by atoms with E-state index in [0.717, 1.165) is 77.4 Å². The molecule has 0 saturated carbocycles. The predicted molar refractivity (Wildman–Crippen MR) is 178 cm³/mol. The number of hydrogen-bond acceptors (Lipinski definition) is 2. The number of aliphatic hydroxyl groups is 2. The first-order valence-corrected chi connectivity index (χ1v) is 15.3. The minimum atomic E-state index is -1.13. The van der Waals surface area contributed by atoms with Gasteiger partial charge in [-0.2, -0.15) is 0 Å². The van der Waals surface area contributed by atoms with Crippen molar-refractivity contribution in [3.63, 3.8) is 0 Å². The van der Waals surface area contributed by atoms with Crippen molar-refractivity contribution in [1.82, 2.24) is 4.57 Å². The molecule has 0 radical (unpaired) electrons. The highest BCUT2D eigenvalue weighted by Gasteiger charge is 2.43. The quantitative estimate of drug-likeness (QED) is 0.224. The minimum Gasteiger partial charge on any atom is -0.380 e. The molecule has 0 atom stereocenters. The summed E-state index contributed by atoms with van der Waals surface area (Å²) in [4.78, 5) is 0. The van der Waals surface area contributed by atoms with E-state index in [2.05, 4.69) is 96.5 Å². The summed E-state index contributed by atoms with van der Waals surface area (Å²) in [6.07, 6.45) is 0.937. The predicted octanol–water partition coefficient (Wildman–Crippen LogP) is 8.25. The average molecular weight is 570 g/mol. The Balaban J connectivity index is 1.20. The van der Waals surface area contributed by atoms with Crippen molar-refractivity contribution >= 4 is 21.8 Å². The van der Waals surface area contributed by atoms with Crippen molar-refractivity contribution in [1.29, 1.82) is 0 Å². The van der Waals surface area contributed by atoms with Crippen LogP contribution in [0.4, 0.5) is 0 Å². The van der Waals surface area contributed by atoms with Crippen LogP contribution in [0.3, 0.4) is 0 Å². The van der Waals surface area contributed by atoms with Crippen LogP contribution in [-0.2, 0) is 31.1 Å². The van der Waals surface area contributed by atoms with E-state index in [1.807, 2.05) is 48.5 Å². The van der Waals surface area contributed by atoms with Gasteiger partial charge in [0, 0.05) is 41.7 Å². The zero-order valence-electron chi connectivity index (χ0n) is 24.5. The number of hydrogen-bond donors (Lipinski definition) is 2. The molecule has 44 heavy (non-hydrogen) atoms. The summed E-state index contributed by atoms with van der Waals surface area (Å²) < 4.78 is 2.24. The molecular formula is C41H31NO2. The molecule has 0 saturated heterocycles. The van der Waals surface area contributed by atoms with Crippen molar-refractivity contribution in [2.45, 2.75) is 24.0 Å². The van der Waals surface area contributed by atoms with E-state index in [1.165, 1.54) is 0 Å². The monoisotopic (exact) mass is 569 g/mol. The van der Waals surface area contributed by atoms with Gasteiger partial charge < -0.3 is 14.8 Å². The summed E-state index contributed by atoms with van der Waals surface area (Å²) in [5.41, 5.74) is 10.4. The van der Waals surface area contributed by atoms with Gasteiger partial charge in [0.05, 0.1) is 0 Å². The lowest BCUT2D eigenvalue weighted by Gasteiger charge is -2.27. The van der Waals surface area contributed by atoms with Gasteiger partial charge in [0.1, 0.15) is 11.2 Å². The van der Waals surface area contributed by atoms with E-state index in [-0.39, 0.29) is 0 Å². The first kappa shape index (κ1) is 25.5. The van der Waals surface area contributed by atoms with Crippen LogP contribution in [0.25, 0.3) is 44.1 Å². The molecule has 212 valence electrons. The van der Waals surface area contributed by atoms with Gasteiger partial charge in [-0.25, -0.2) is 0 Å². The zero-order chi connectivity index (χ0) is 29.6. The molecule has 3 heteroatoms. The molecular weight excluding hydrogens is 538 g/mol. The Morgan fingerprint density at radius 2 is 0.977 bits per heavy atom. The molecule has 0 fully saturated rings. The molecule has 7 aromatic rings. The summed E-state index contributed by atoms with van der Waals surface area (Å²) in [5.74, 6) is 0. The van der Waals surface area contributed by atoms with Gasteiger partial charge in [0.25, 0.3) is 0 Å². The maximum atomic E-state index is 12.5. The van der Waals surface area contributed by atoms with Crippen molar-refractivity contribution < 1.29 is 10.2 Å². The Kier molecular flexibility index (Phi) is 5.24. The molecule has 0 bridgehead atoms. The fourth-order valence-corrected chi connectivity index (χ4v) is 8.20. The number of fused-ring (bicyclic) bond motifs is 9. The second-order valence-electron chi connectivity index (χ2n) is 12.5. The summed E-state index contributed by atoms with van der Waals surface area (Å²) in [5, 5.41) is 27.2. The van der Waals surface area contributed by atoms with Crippen molar-refractivity contribution in [3.05, 3.63) is 167 Å². The van der Waals surface area contributed by atoms with Gasteiger partial charge in [-0.15, -0.1) is 0 Å². The normalized spacial score (nSPS) is 15.2. The topological polar surface area (TPSA) is 45.4 Å². The molecule has 6 aromatic carbocycles. The molecule has 2 aliphatic carbocycles. The lowest BCUT2D eigenvalue weighted by atomic mass is 9.83. The lowest BCUT2D eigenvalue weighted by Crippen LogP contribution is -2.27. The molecule has 2 N–H and O–H groups in total. The molecule has 0 amide bonds. The average Bonchev–Trinajstić information content (AvgIpc) is 3.59. The van der Waals surface area contributed by atoms with E-state index in [0.29, 0.717) is 12.8 Å². The number of benzene rings is 6. The number of nitrogens with zero attached hydrogens (tertiary/aromatic N) is 1. The van der Waals surface area contributed by atoms with Gasteiger partial charge >= 0.3 is 0 Å². The van der Waals surface area contributed by atoms with E-state index in [4.69, 9.17) is 0 Å². The smallest absolute Gasteiger partial charge is 0.120 e. The summed E-state index contributed by atoms with van der Waals surface area (Å²) in [6.45, 7) is 0. The van der Waals surface area contributed by atoms with Crippen molar-refractivity contribution in [2.75, 3.05) is 0 Å². The van der Waals surface area contributed by atoms with Crippen LogP contribution in [0.15, 0.2) is 133 Å². The minimum absolute atomic E-state index is 0.465. The van der Waals surface area contributed by atoms with Gasteiger partial charge in [0.15, 0.2) is 0 Å². The zero-order valence-corrected chi connectivity index (χ0v) is 24.5. The van der Waals surface area contributed by atoms with E-state index in [9.17, 15) is 10.2 Å². The van der Waals surface area contributed by atoms with E-state index in [1.54, 1.807) is 0 Å². The van der Waals surface area contributed by atoms with Gasteiger partial charge in [0.2, 0.25) is 0 Å². The Morgan fingerprint density at radius 1 is 0.500 bits per heavy atom. The largest absolute Gasteiger partial charge is 0.380 e. The summed E-state index contributed by atoms with van der Waals surface area (Å²) in [7, 11) is 2.11. The van der Waals surface area contributed by atoms with Gasteiger partial charge in [-0.1, -0.05) is 115 Å². The Labute approximate surface area is 256 Å². The first-order chi connectivity index (χ1) is 21.5. The molecule has 2 aliphatic rings. The maximum absolute atomic E-state index is 12.5. The van der Waals surface area contributed by atoms with Gasteiger partial charge in [-0.05, 0) is 73.8 Å². The molecule has 1 heterocycles. The standard InChI is InChI=1S/C41H31NO2/c1-42-37-22-21-26(24-40(43)33-16-6-2-12-28(33)29-13-3-7-17-34(29)40)23-32(37)39-27(11-10-20-38(39)42)25-41(44)35-18-8-4-14-30(35)31-15-5-9-19-36(31)41/h2-23,43-44H,24-25H2,1H3. The third kappa shape index (κ3) is 3.34. The van der Waals surface area contributed by atoms with Crippen LogP contribution in [0.5, 0.6) is 0 Å². The fourth-order valence-electron chi connectivity index (χ4n) is 8.20. The van der Waals surface area contributed by atoms with E-state index >= 15 is 0 Å². The maximum Gasteiger partial charge on any atom is 0.120 e. The summed E-state index contributed by atoms with van der Waals surface area (Å²) in [6, 6.07) is 45.9. The fraction of sp³-hybridized carbons (Fsp3) is 0.122.